The molecule has 0 saturated carbocycles. The fourth-order valence-electron chi connectivity index (χ4n) is 1.08. The van der Waals surface area contributed by atoms with Gasteiger partial charge in [-0.2, -0.15) is 0 Å². The molecule has 0 atom stereocenters. The van der Waals surface area contributed by atoms with E-state index in [1.54, 1.807) is 0 Å². The van der Waals surface area contributed by atoms with Gasteiger partial charge in [0.15, 0.2) is 11.6 Å². The van der Waals surface area contributed by atoms with Crippen molar-refractivity contribution in [2.24, 2.45) is 0 Å². The zero-order chi connectivity index (χ0) is 12.1. The van der Waals surface area contributed by atoms with E-state index in [0.717, 1.165) is 6.07 Å². The Bertz CT molecular complexity index is 384. The molecule has 0 spiro atoms. The zero-order valence-corrected chi connectivity index (χ0v) is 9.81. The maximum atomic E-state index is 13.2. The number of pyridine rings is 1. The van der Waals surface area contributed by atoms with E-state index in [4.69, 9.17) is 11.6 Å². The first-order valence-electron chi connectivity index (χ1n) is 4.83. The number of anilines is 1. The molecule has 0 bridgehead atoms. The van der Waals surface area contributed by atoms with Crippen LogP contribution in [0.5, 0.6) is 0 Å². The molecule has 0 aliphatic heterocycles. The van der Waals surface area contributed by atoms with Gasteiger partial charge >= 0.3 is 0 Å². The molecule has 88 valence electrons. The second kappa shape index (κ2) is 5.65. The molecule has 0 aromatic carbocycles. The summed E-state index contributed by atoms with van der Waals surface area (Å²) in [6.45, 7) is 3.67. The summed E-state index contributed by atoms with van der Waals surface area (Å²) in [6, 6.07) is 1.19. The predicted octanol–water partition coefficient (Wildman–Crippen LogP) is 1.81. The molecule has 16 heavy (non-hydrogen) atoms. The third-order valence-electron chi connectivity index (χ3n) is 1.67. The largest absolute Gasteiger partial charge is 0.359 e. The molecule has 4 nitrogen and oxygen atoms in total. The van der Waals surface area contributed by atoms with Crippen LogP contribution >= 0.6 is 11.6 Å². The van der Waals surface area contributed by atoms with E-state index < -0.39 is 5.82 Å². The van der Waals surface area contributed by atoms with Crippen molar-refractivity contribution in [1.29, 1.82) is 0 Å². The van der Waals surface area contributed by atoms with Gasteiger partial charge < -0.3 is 10.6 Å². The number of carbonyl (C=O) groups is 1. The van der Waals surface area contributed by atoms with E-state index in [2.05, 4.69) is 15.6 Å². The van der Waals surface area contributed by atoms with Crippen molar-refractivity contribution in [2.45, 2.75) is 19.9 Å². The van der Waals surface area contributed by atoms with E-state index in [9.17, 15) is 9.18 Å². The maximum Gasteiger partial charge on any atom is 0.239 e. The lowest BCUT2D eigenvalue weighted by Crippen LogP contribution is -2.35. The van der Waals surface area contributed by atoms with Crippen LogP contribution in [0.25, 0.3) is 0 Å². The Balaban J connectivity index is 2.51. The molecule has 1 aromatic heterocycles. The first-order chi connectivity index (χ1) is 7.49. The van der Waals surface area contributed by atoms with Crippen LogP contribution < -0.4 is 10.6 Å². The second-order valence-corrected chi connectivity index (χ2v) is 4.00. The van der Waals surface area contributed by atoms with E-state index in [1.807, 2.05) is 13.8 Å². The molecule has 0 radical (unpaired) electrons. The second-order valence-electron chi connectivity index (χ2n) is 3.56. The SMILES string of the molecule is CC(C)NC(=O)CNc1ncc(Cl)cc1F. The van der Waals surface area contributed by atoms with E-state index in [-0.39, 0.29) is 29.3 Å². The van der Waals surface area contributed by atoms with Gasteiger partial charge in [-0.3, -0.25) is 4.79 Å². The van der Waals surface area contributed by atoms with Crippen LogP contribution in [0.3, 0.4) is 0 Å². The molecule has 1 heterocycles. The van der Waals surface area contributed by atoms with Crippen molar-refractivity contribution in [3.8, 4) is 0 Å². The Kier molecular flexibility index (Phi) is 4.49. The van der Waals surface area contributed by atoms with Crippen LogP contribution in [0, 0.1) is 5.82 Å². The number of amides is 1. The number of nitrogens with zero attached hydrogens (tertiary/aromatic N) is 1. The highest BCUT2D eigenvalue weighted by Crippen LogP contribution is 2.14. The Hall–Kier alpha value is -1.36. The van der Waals surface area contributed by atoms with Crippen molar-refractivity contribution >= 4 is 23.3 Å². The van der Waals surface area contributed by atoms with Crippen LogP contribution in [-0.4, -0.2) is 23.5 Å². The summed E-state index contributed by atoms with van der Waals surface area (Å²) >= 11 is 5.54. The highest BCUT2D eigenvalue weighted by atomic mass is 35.5. The van der Waals surface area contributed by atoms with Crippen molar-refractivity contribution in [2.75, 3.05) is 11.9 Å². The van der Waals surface area contributed by atoms with Crippen LogP contribution in [0.15, 0.2) is 12.3 Å². The number of carbonyl (C=O) groups excluding carboxylic acids is 1. The lowest BCUT2D eigenvalue weighted by atomic mass is 10.4. The third-order valence-corrected chi connectivity index (χ3v) is 1.88. The summed E-state index contributed by atoms with van der Waals surface area (Å²) in [6.07, 6.45) is 1.31. The molecule has 2 N–H and O–H groups in total. The highest BCUT2D eigenvalue weighted by Gasteiger charge is 2.07. The van der Waals surface area contributed by atoms with E-state index in [0.29, 0.717) is 0 Å². The Labute approximate surface area is 98.2 Å². The topological polar surface area (TPSA) is 54.0 Å². The lowest BCUT2D eigenvalue weighted by Gasteiger charge is -2.09. The Morgan fingerprint density at radius 3 is 2.88 bits per heavy atom. The van der Waals surface area contributed by atoms with E-state index >= 15 is 0 Å². The minimum atomic E-state index is -0.579. The van der Waals surface area contributed by atoms with Gasteiger partial charge in [0.2, 0.25) is 5.91 Å². The van der Waals surface area contributed by atoms with Crippen molar-refractivity contribution < 1.29 is 9.18 Å². The first kappa shape index (κ1) is 12.7. The zero-order valence-electron chi connectivity index (χ0n) is 9.05. The van der Waals surface area contributed by atoms with Gasteiger partial charge in [0, 0.05) is 12.2 Å². The summed E-state index contributed by atoms with van der Waals surface area (Å²) in [4.78, 5) is 15.0. The summed E-state index contributed by atoms with van der Waals surface area (Å²) in [5, 5.41) is 5.47. The minimum absolute atomic E-state index is 0.0170. The highest BCUT2D eigenvalue weighted by molar-refractivity contribution is 6.30. The smallest absolute Gasteiger partial charge is 0.239 e. The molecular formula is C10H13ClFN3O. The quantitative estimate of drug-likeness (QED) is 0.851. The van der Waals surface area contributed by atoms with Gasteiger partial charge in [-0.25, -0.2) is 9.37 Å². The Morgan fingerprint density at radius 2 is 2.31 bits per heavy atom. The molecule has 0 fully saturated rings. The predicted molar refractivity (Wildman–Crippen MR) is 61.0 cm³/mol. The van der Waals surface area contributed by atoms with Crippen LogP contribution in [0.2, 0.25) is 5.02 Å². The number of aromatic nitrogens is 1. The van der Waals surface area contributed by atoms with E-state index in [1.165, 1.54) is 6.20 Å². The van der Waals surface area contributed by atoms with Crippen molar-refractivity contribution in [1.82, 2.24) is 10.3 Å². The monoisotopic (exact) mass is 245 g/mol. The standard InChI is InChI=1S/C10H13ClFN3O/c1-6(2)15-9(16)5-14-10-8(12)3-7(11)4-13-10/h3-4,6H,5H2,1-2H3,(H,13,14)(H,15,16). The molecule has 1 amide bonds. The number of halogens is 2. The lowest BCUT2D eigenvalue weighted by molar-refractivity contribution is -0.119. The number of hydrogen-bond donors (Lipinski definition) is 2. The molecule has 0 aliphatic rings. The summed E-state index contributed by atoms with van der Waals surface area (Å²) in [5.74, 6) is -0.778. The summed E-state index contributed by atoms with van der Waals surface area (Å²) in [5.41, 5.74) is 0. The van der Waals surface area contributed by atoms with Crippen LogP contribution in [0.4, 0.5) is 10.2 Å². The van der Waals surface area contributed by atoms with Gasteiger partial charge in [-0.05, 0) is 19.9 Å². The number of hydrogen-bond acceptors (Lipinski definition) is 3. The van der Waals surface area contributed by atoms with Gasteiger partial charge in [0.05, 0.1) is 11.6 Å². The molecular weight excluding hydrogens is 233 g/mol. The maximum absolute atomic E-state index is 13.2. The van der Waals surface area contributed by atoms with Crippen molar-refractivity contribution in [3.63, 3.8) is 0 Å². The fourth-order valence-corrected chi connectivity index (χ4v) is 1.23. The van der Waals surface area contributed by atoms with Gasteiger partial charge in [-0.1, -0.05) is 11.6 Å². The average molecular weight is 246 g/mol. The molecule has 6 heteroatoms. The molecule has 0 unspecified atom stereocenters. The molecule has 1 aromatic rings. The van der Waals surface area contributed by atoms with Gasteiger partial charge in [0.25, 0.3) is 0 Å². The minimum Gasteiger partial charge on any atom is -0.359 e. The molecule has 1 rings (SSSR count). The van der Waals surface area contributed by atoms with Crippen LogP contribution in [0.1, 0.15) is 13.8 Å². The van der Waals surface area contributed by atoms with Gasteiger partial charge in [0.1, 0.15) is 0 Å². The van der Waals surface area contributed by atoms with Gasteiger partial charge in [-0.15, -0.1) is 0 Å². The Morgan fingerprint density at radius 1 is 1.62 bits per heavy atom. The number of nitrogens with one attached hydrogen (secondary N) is 2. The first-order valence-corrected chi connectivity index (χ1v) is 5.21. The summed E-state index contributed by atoms with van der Waals surface area (Å²) < 4.78 is 13.2. The third kappa shape index (κ3) is 4.02. The number of rotatable bonds is 4. The van der Waals surface area contributed by atoms with Crippen LogP contribution in [-0.2, 0) is 4.79 Å². The average Bonchev–Trinajstić information content (AvgIpc) is 2.15. The normalized spacial score (nSPS) is 10.3. The summed E-state index contributed by atoms with van der Waals surface area (Å²) in [7, 11) is 0. The fraction of sp³-hybridized carbons (Fsp3) is 0.400. The van der Waals surface area contributed by atoms with Crippen molar-refractivity contribution in [3.05, 3.63) is 23.1 Å². The molecule has 0 saturated heterocycles. The molecule has 0 aliphatic carbocycles.